The Balaban J connectivity index is 1.71. The van der Waals surface area contributed by atoms with Crippen LogP contribution in [0.15, 0.2) is 60.7 Å². The summed E-state index contributed by atoms with van der Waals surface area (Å²) in [7, 11) is 1.56. The summed E-state index contributed by atoms with van der Waals surface area (Å²) in [6.07, 6.45) is -0.604. The summed E-state index contributed by atoms with van der Waals surface area (Å²) < 4.78 is 19.5. The number of halogens is 1. The molecule has 0 bridgehead atoms. The van der Waals surface area contributed by atoms with Crippen molar-refractivity contribution in [2.45, 2.75) is 25.9 Å². The zero-order valence-corrected chi connectivity index (χ0v) is 19.3. The molecule has 176 valence electrons. The maximum Gasteiger partial charge on any atom is 0.251 e. The Bertz CT molecular complexity index is 1220. The van der Waals surface area contributed by atoms with E-state index in [-0.39, 0.29) is 23.4 Å². The molecule has 2 amide bonds. The van der Waals surface area contributed by atoms with Gasteiger partial charge in [-0.05, 0) is 65.1 Å². The molecule has 0 aliphatic carbocycles. The highest BCUT2D eigenvalue weighted by atomic mass is 19.1. The lowest BCUT2D eigenvalue weighted by Crippen LogP contribution is -2.28. The maximum atomic E-state index is 13.4. The van der Waals surface area contributed by atoms with Crippen molar-refractivity contribution in [3.63, 3.8) is 0 Å². The third-order valence-electron chi connectivity index (χ3n) is 5.81. The van der Waals surface area contributed by atoms with Gasteiger partial charge in [0, 0.05) is 24.7 Å². The van der Waals surface area contributed by atoms with Crippen LogP contribution in [-0.4, -0.2) is 30.5 Å². The summed E-state index contributed by atoms with van der Waals surface area (Å²) in [4.78, 5) is 25.4. The molecule has 3 aromatic carbocycles. The quantitative estimate of drug-likeness (QED) is 0.502. The molecule has 2 atom stereocenters. The van der Waals surface area contributed by atoms with Crippen LogP contribution in [0.5, 0.6) is 11.5 Å². The van der Waals surface area contributed by atoms with Crippen molar-refractivity contribution in [2.75, 3.05) is 13.6 Å². The number of amides is 2. The molecule has 7 heteroatoms. The van der Waals surface area contributed by atoms with E-state index in [1.165, 1.54) is 18.2 Å². The standard InChI is InChI=1S/C27H27FN2O4/c1-15(2)14-30-26(32)19-10-18(11-21(31)12-19)17-6-9-23-22(13-17)24(27(33)29-3)25(34-23)16-4-7-20(28)8-5-16/h4-13,15,24-25,31H,14H2,1-3H3,(H,29,33)(H,30,32). The molecular formula is C27H27FN2O4. The van der Waals surface area contributed by atoms with E-state index >= 15 is 0 Å². The van der Waals surface area contributed by atoms with Gasteiger partial charge >= 0.3 is 0 Å². The number of carbonyl (C=O) groups excluding carboxylic acids is 2. The summed E-state index contributed by atoms with van der Waals surface area (Å²) in [5.74, 6) is -0.678. The summed E-state index contributed by atoms with van der Waals surface area (Å²) >= 11 is 0. The summed E-state index contributed by atoms with van der Waals surface area (Å²) in [5, 5.41) is 15.8. The molecular weight excluding hydrogens is 435 g/mol. The predicted molar refractivity (Wildman–Crippen MR) is 127 cm³/mol. The average molecular weight is 463 g/mol. The number of fused-ring (bicyclic) bond motifs is 1. The molecule has 0 saturated carbocycles. The van der Waals surface area contributed by atoms with Crippen molar-refractivity contribution in [1.82, 2.24) is 10.6 Å². The first-order valence-electron chi connectivity index (χ1n) is 11.2. The number of ether oxygens (including phenoxy) is 1. The summed E-state index contributed by atoms with van der Waals surface area (Å²) in [6, 6.07) is 16.0. The second-order valence-corrected chi connectivity index (χ2v) is 8.81. The second-order valence-electron chi connectivity index (χ2n) is 8.81. The van der Waals surface area contributed by atoms with Gasteiger partial charge in [0.15, 0.2) is 0 Å². The Labute approximate surface area is 197 Å². The number of hydrogen-bond donors (Lipinski definition) is 3. The first-order valence-corrected chi connectivity index (χ1v) is 11.2. The minimum absolute atomic E-state index is 0.0315. The molecule has 1 aliphatic heterocycles. The van der Waals surface area contributed by atoms with E-state index < -0.39 is 12.0 Å². The van der Waals surface area contributed by atoms with Crippen LogP contribution in [0, 0.1) is 11.7 Å². The van der Waals surface area contributed by atoms with Gasteiger partial charge in [-0.2, -0.15) is 0 Å². The molecule has 1 aliphatic rings. The molecule has 6 nitrogen and oxygen atoms in total. The van der Waals surface area contributed by atoms with Gasteiger partial charge < -0.3 is 20.5 Å². The number of phenolic OH excluding ortho intramolecular Hbond substituents is 1. The monoisotopic (exact) mass is 462 g/mol. The van der Waals surface area contributed by atoms with Gasteiger partial charge in [0.2, 0.25) is 5.91 Å². The van der Waals surface area contributed by atoms with Crippen LogP contribution >= 0.6 is 0 Å². The van der Waals surface area contributed by atoms with Gasteiger partial charge in [0.25, 0.3) is 5.91 Å². The van der Waals surface area contributed by atoms with Crippen molar-refractivity contribution in [2.24, 2.45) is 5.92 Å². The van der Waals surface area contributed by atoms with Crippen LogP contribution < -0.4 is 15.4 Å². The highest BCUT2D eigenvalue weighted by Crippen LogP contribution is 2.47. The van der Waals surface area contributed by atoms with Crippen LogP contribution in [0.1, 0.15) is 47.4 Å². The number of likely N-dealkylation sites (N-methyl/N-ethyl adjacent to an activating group) is 1. The van der Waals surface area contributed by atoms with Crippen LogP contribution in [0.4, 0.5) is 4.39 Å². The Morgan fingerprint density at radius 1 is 1.03 bits per heavy atom. The fraction of sp³-hybridized carbons (Fsp3) is 0.259. The molecule has 3 N–H and O–H groups in total. The molecule has 0 radical (unpaired) electrons. The van der Waals surface area contributed by atoms with Crippen molar-refractivity contribution < 1.29 is 23.8 Å². The summed E-state index contributed by atoms with van der Waals surface area (Å²) in [5.41, 5.74) is 3.08. The van der Waals surface area contributed by atoms with Crippen LogP contribution in [0.25, 0.3) is 11.1 Å². The fourth-order valence-electron chi connectivity index (χ4n) is 4.10. The topological polar surface area (TPSA) is 87.7 Å². The first kappa shape index (κ1) is 23.3. The maximum absolute atomic E-state index is 13.4. The van der Waals surface area contributed by atoms with Gasteiger partial charge in [-0.3, -0.25) is 9.59 Å². The van der Waals surface area contributed by atoms with Gasteiger partial charge in [-0.25, -0.2) is 4.39 Å². The van der Waals surface area contributed by atoms with Gasteiger partial charge in [0.05, 0.1) is 0 Å². The van der Waals surface area contributed by atoms with Crippen LogP contribution in [0.3, 0.4) is 0 Å². The average Bonchev–Trinajstić information content (AvgIpc) is 3.20. The number of phenols is 1. The van der Waals surface area contributed by atoms with E-state index in [4.69, 9.17) is 4.74 Å². The molecule has 0 spiro atoms. The van der Waals surface area contributed by atoms with Gasteiger partial charge in [-0.15, -0.1) is 0 Å². The van der Waals surface area contributed by atoms with Crippen LogP contribution in [0.2, 0.25) is 0 Å². The number of aromatic hydroxyl groups is 1. The van der Waals surface area contributed by atoms with Crippen LogP contribution in [-0.2, 0) is 4.79 Å². The predicted octanol–water partition coefficient (Wildman–Crippen LogP) is 4.55. The largest absolute Gasteiger partial charge is 0.508 e. The van der Waals surface area contributed by atoms with Gasteiger partial charge in [-0.1, -0.05) is 32.0 Å². The van der Waals surface area contributed by atoms with Crippen molar-refractivity contribution in [3.05, 3.63) is 83.2 Å². The molecule has 1 heterocycles. The third-order valence-corrected chi connectivity index (χ3v) is 5.81. The normalized spacial score (nSPS) is 16.6. The van der Waals surface area contributed by atoms with E-state index in [9.17, 15) is 19.1 Å². The Kier molecular flexibility index (Phi) is 6.54. The smallest absolute Gasteiger partial charge is 0.251 e. The van der Waals surface area contributed by atoms with E-state index in [0.717, 1.165) is 5.56 Å². The zero-order chi connectivity index (χ0) is 24.4. The molecule has 2 unspecified atom stereocenters. The van der Waals surface area contributed by atoms with E-state index in [1.54, 1.807) is 37.4 Å². The Hall–Kier alpha value is -3.87. The number of carbonyl (C=O) groups is 2. The van der Waals surface area contributed by atoms with E-state index in [1.807, 2.05) is 26.0 Å². The Morgan fingerprint density at radius 2 is 1.76 bits per heavy atom. The van der Waals surface area contributed by atoms with Crippen molar-refractivity contribution in [1.29, 1.82) is 0 Å². The van der Waals surface area contributed by atoms with Crippen molar-refractivity contribution in [3.8, 4) is 22.6 Å². The highest BCUT2D eigenvalue weighted by Gasteiger charge is 2.40. The molecule has 34 heavy (non-hydrogen) atoms. The fourth-order valence-corrected chi connectivity index (χ4v) is 4.10. The lowest BCUT2D eigenvalue weighted by Gasteiger charge is -2.18. The molecule has 0 aromatic heterocycles. The Morgan fingerprint density at radius 3 is 2.44 bits per heavy atom. The summed E-state index contributed by atoms with van der Waals surface area (Å²) in [6.45, 7) is 4.53. The van der Waals surface area contributed by atoms with E-state index in [2.05, 4.69) is 10.6 Å². The van der Waals surface area contributed by atoms with Crippen molar-refractivity contribution >= 4 is 11.8 Å². The van der Waals surface area contributed by atoms with E-state index in [0.29, 0.717) is 40.5 Å². The SMILES string of the molecule is CNC(=O)C1c2cc(-c3cc(O)cc(C(=O)NCC(C)C)c3)ccc2OC1c1ccc(F)cc1. The zero-order valence-electron chi connectivity index (χ0n) is 19.3. The number of hydrogen-bond acceptors (Lipinski definition) is 4. The third kappa shape index (κ3) is 4.73. The molecule has 0 saturated heterocycles. The minimum atomic E-state index is -0.642. The van der Waals surface area contributed by atoms with Gasteiger partial charge in [0.1, 0.15) is 29.3 Å². The highest BCUT2D eigenvalue weighted by molar-refractivity contribution is 5.96. The number of rotatable bonds is 6. The minimum Gasteiger partial charge on any atom is -0.508 e. The number of benzene rings is 3. The second kappa shape index (κ2) is 9.55. The first-order chi connectivity index (χ1) is 16.3. The molecule has 3 aromatic rings. The lowest BCUT2D eigenvalue weighted by molar-refractivity contribution is -0.123. The molecule has 0 fully saturated rings. The lowest BCUT2D eigenvalue weighted by atomic mass is 9.88. The number of nitrogens with one attached hydrogen (secondary N) is 2. The molecule has 4 rings (SSSR count).